The van der Waals surface area contributed by atoms with E-state index in [-0.39, 0.29) is 17.3 Å². The van der Waals surface area contributed by atoms with E-state index in [2.05, 4.69) is 5.32 Å². The first kappa shape index (κ1) is 16.6. The normalized spacial score (nSPS) is 11.0. The predicted octanol–water partition coefficient (Wildman–Crippen LogP) is 1.31. The number of benzene rings is 1. The average Bonchev–Trinajstić information content (AvgIpc) is 2.96. The Bertz CT molecular complexity index is 840. The van der Waals surface area contributed by atoms with Gasteiger partial charge in [0.05, 0.1) is 11.6 Å². The summed E-state index contributed by atoms with van der Waals surface area (Å²) in [6.45, 7) is -0.256. The lowest BCUT2D eigenvalue weighted by Crippen LogP contribution is -2.36. The van der Waals surface area contributed by atoms with E-state index in [4.69, 9.17) is 9.52 Å². The SMILES string of the molecule is CS(=O)(=O)c1cccc(-c2ccc(C(=O)NCNC(=O)O)o2)c1. The van der Waals surface area contributed by atoms with Gasteiger partial charge in [0, 0.05) is 11.8 Å². The Labute approximate surface area is 132 Å². The van der Waals surface area contributed by atoms with Crippen molar-refractivity contribution >= 4 is 21.8 Å². The molecule has 2 amide bonds. The van der Waals surface area contributed by atoms with Gasteiger partial charge in [-0.1, -0.05) is 12.1 Å². The van der Waals surface area contributed by atoms with Crippen LogP contribution in [0.5, 0.6) is 0 Å². The maximum absolute atomic E-state index is 11.8. The van der Waals surface area contributed by atoms with Gasteiger partial charge in [-0.25, -0.2) is 13.2 Å². The Morgan fingerprint density at radius 3 is 2.57 bits per heavy atom. The second-order valence-electron chi connectivity index (χ2n) is 4.63. The van der Waals surface area contributed by atoms with E-state index in [0.717, 1.165) is 6.26 Å². The Kier molecular flexibility index (Phi) is 4.70. The summed E-state index contributed by atoms with van der Waals surface area (Å²) < 4.78 is 28.5. The van der Waals surface area contributed by atoms with Gasteiger partial charge in [-0.3, -0.25) is 4.79 Å². The van der Waals surface area contributed by atoms with Gasteiger partial charge in [-0.05, 0) is 24.3 Å². The molecule has 0 saturated heterocycles. The summed E-state index contributed by atoms with van der Waals surface area (Å²) in [4.78, 5) is 22.2. The second-order valence-corrected chi connectivity index (χ2v) is 6.64. The van der Waals surface area contributed by atoms with E-state index < -0.39 is 21.8 Å². The molecule has 0 unspecified atom stereocenters. The van der Waals surface area contributed by atoms with Crippen molar-refractivity contribution < 1.29 is 27.5 Å². The van der Waals surface area contributed by atoms with Crippen LogP contribution in [0.2, 0.25) is 0 Å². The summed E-state index contributed by atoms with van der Waals surface area (Å²) in [6, 6.07) is 9.08. The van der Waals surface area contributed by atoms with Gasteiger partial charge in [0.2, 0.25) is 0 Å². The highest BCUT2D eigenvalue weighted by Gasteiger charge is 2.14. The number of amides is 2. The van der Waals surface area contributed by atoms with Gasteiger partial charge in [-0.15, -0.1) is 0 Å². The molecule has 1 aromatic heterocycles. The molecule has 0 radical (unpaired) electrons. The molecular formula is C14H14N2O6S. The van der Waals surface area contributed by atoms with E-state index in [1.807, 2.05) is 5.32 Å². The van der Waals surface area contributed by atoms with Gasteiger partial charge in [0.25, 0.3) is 5.91 Å². The average molecular weight is 338 g/mol. The van der Waals surface area contributed by atoms with E-state index >= 15 is 0 Å². The largest absolute Gasteiger partial charge is 0.465 e. The Balaban J connectivity index is 2.16. The Morgan fingerprint density at radius 1 is 1.17 bits per heavy atom. The first-order valence-corrected chi connectivity index (χ1v) is 8.32. The van der Waals surface area contributed by atoms with Gasteiger partial charge in [-0.2, -0.15) is 0 Å². The summed E-state index contributed by atoms with van der Waals surface area (Å²) in [5.74, 6) is -0.284. The number of sulfone groups is 1. The summed E-state index contributed by atoms with van der Waals surface area (Å²) >= 11 is 0. The Morgan fingerprint density at radius 2 is 1.91 bits per heavy atom. The molecule has 9 heteroatoms. The van der Waals surface area contributed by atoms with Crippen molar-refractivity contribution in [1.82, 2.24) is 10.6 Å². The highest BCUT2D eigenvalue weighted by Crippen LogP contribution is 2.24. The standard InChI is InChI=1S/C14H14N2O6S/c1-23(20,21)10-4-2-3-9(7-10)11-5-6-12(22-11)13(17)15-8-16-14(18)19/h2-7,16H,8H2,1H3,(H,15,17)(H,18,19). The molecule has 0 aliphatic carbocycles. The molecule has 2 rings (SSSR count). The molecule has 0 fully saturated rings. The third kappa shape index (κ3) is 4.33. The van der Waals surface area contributed by atoms with Crippen LogP contribution in [0, 0.1) is 0 Å². The summed E-state index contributed by atoms with van der Waals surface area (Å²) in [6.07, 6.45) is -0.161. The quantitative estimate of drug-likeness (QED) is 0.706. The summed E-state index contributed by atoms with van der Waals surface area (Å²) in [7, 11) is -3.35. The smallest absolute Gasteiger partial charge is 0.406 e. The van der Waals surface area contributed by atoms with Gasteiger partial charge in [0.15, 0.2) is 15.6 Å². The van der Waals surface area contributed by atoms with Crippen LogP contribution in [0.25, 0.3) is 11.3 Å². The highest BCUT2D eigenvalue weighted by molar-refractivity contribution is 7.90. The molecule has 1 aromatic carbocycles. The predicted molar refractivity (Wildman–Crippen MR) is 80.7 cm³/mol. The fourth-order valence-corrected chi connectivity index (χ4v) is 2.45. The van der Waals surface area contributed by atoms with Gasteiger partial charge < -0.3 is 20.2 Å². The maximum atomic E-state index is 11.8. The molecule has 0 spiro atoms. The number of hydrogen-bond acceptors (Lipinski definition) is 5. The topological polar surface area (TPSA) is 126 Å². The van der Waals surface area contributed by atoms with Crippen LogP contribution < -0.4 is 10.6 Å². The van der Waals surface area contributed by atoms with Crippen molar-refractivity contribution in [2.24, 2.45) is 0 Å². The lowest BCUT2D eigenvalue weighted by atomic mass is 10.2. The molecular weight excluding hydrogens is 324 g/mol. The van der Waals surface area contributed by atoms with Crippen LogP contribution in [-0.4, -0.2) is 38.4 Å². The zero-order chi connectivity index (χ0) is 17.0. The highest BCUT2D eigenvalue weighted by atomic mass is 32.2. The van der Waals surface area contributed by atoms with Crippen LogP contribution in [0.4, 0.5) is 4.79 Å². The van der Waals surface area contributed by atoms with Crippen LogP contribution in [0.1, 0.15) is 10.6 Å². The van der Waals surface area contributed by atoms with Crippen LogP contribution in [-0.2, 0) is 9.84 Å². The van der Waals surface area contributed by atoms with E-state index in [9.17, 15) is 18.0 Å². The van der Waals surface area contributed by atoms with E-state index in [0.29, 0.717) is 11.3 Å². The molecule has 23 heavy (non-hydrogen) atoms. The monoisotopic (exact) mass is 338 g/mol. The first-order valence-electron chi connectivity index (χ1n) is 6.42. The number of carbonyl (C=O) groups is 2. The molecule has 0 atom stereocenters. The molecule has 2 aromatic rings. The minimum absolute atomic E-state index is 0.0167. The fraction of sp³-hybridized carbons (Fsp3) is 0.143. The van der Waals surface area contributed by atoms with Gasteiger partial charge >= 0.3 is 6.09 Å². The summed E-state index contributed by atoms with van der Waals surface area (Å²) in [5, 5.41) is 12.7. The fourth-order valence-electron chi connectivity index (χ4n) is 1.78. The molecule has 0 aliphatic rings. The van der Waals surface area contributed by atoms with Crippen molar-refractivity contribution in [2.75, 3.05) is 12.9 Å². The van der Waals surface area contributed by atoms with Crippen molar-refractivity contribution in [3.8, 4) is 11.3 Å². The minimum atomic E-state index is -3.35. The van der Waals surface area contributed by atoms with Gasteiger partial charge in [0.1, 0.15) is 5.76 Å². The number of furan rings is 1. The van der Waals surface area contributed by atoms with Crippen LogP contribution >= 0.6 is 0 Å². The third-order valence-corrected chi connectivity index (χ3v) is 3.98. The van der Waals surface area contributed by atoms with E-state index in [1.165, 1.54) is 24.3 Å². The molecule has 122 valence electrons. The summed E-state index contributed by atoms with van der Waals surface area (Å²) in [5.41, 5.74) is 0.510. The molecule has 0 bridgehead atoms. The van der Waals surface area contributed by atoms with Crippen molar-refractivity contribution in [3.63, 3.8) is 0 Å². The van der Waals surface area contributed by atoms with Crippen LogP contribution in [0.15, 0.2) is 45.7 Å². The number of carboxylic acid groups (broad SMARTS) is 1. The zero-order valence-corrected chi connectivity index (χ0v) is 12.9. The first-order chi connectivity index (χ1) is 10.8. The number of hydrogen-bond donors (Lipinski definition) is 3. The molecule has 1 heterocycles. The molecule has 3 N–H and O–H groups in total. The lowest BCUT2D eigenvalue weighted by molar-refractivity contribution is 0.0924. The van der Waals surface area contributed by atoms with E-state index in [1.54, 1.807) is 12.1 Å². The lowest BCUT2D eigenvalue weighted by Gasteiger charge is -2.03. The Hall–Kier alpha value is -2.81. The third-order valence-electron chi connectivity index (χ3n) is 2.87. The number of nitrogens with one attached hydrogen (secondary N) is 2. The molecule has 0 aliphatic heterocycles. The van der Waals surface area contributed by atoms with Crippen molar-refractivity contribution in [1.29, 1.82) is 0 Å². The number of carbonyl (C=O) groups excluding carboxylic acids is 1. The zero-order valence-electron chi connectivity index (χ0n) is 12.1. The van der Waals surface area contributed by atoms with Crippen molar-refractivity contribution in [3.05, 3.63) is 42.2 Å². The molecule has 8 nitrogen and oxygen atoms in total. The maximum Gasteiger partial charge on any atom is 0.406 e. The number of rotatable bonds is 5. The second kappa shape index (κ2) is 6.53. The van der Waals surface area contributed by atoms with Crippen molar-refractivity contribution in [2.45, 2.75) is 4.90 Å². The van der Waals surface area contributed by atoms with Crippen LogP contribution in [0.3, 0.4) is 0 Å². The minimum Gasteiger partial charge on any atom is -0.465 e. The molecule has 0 saturated carbocycles.